The first-order valence-electron chi connectivity index (χ1n) is 8.30. The standard InChI is InChI=1S/C21H12Cl2N2O2S/c22-11-8-9-16(15(23)10-11)24-21(28)25-17-7-3-6-14-18(17)20(27)13-5-2-1-4-12(13)19(14)26/h1-10H,(H2,24,25,28). The van der Waals surface area contributed by atoms with E-state index in [1.54, 1.807) is 60.7 Å². The molecule has 0 spiro atoms. The minimum atomic E-state index is -0.222. The van der Waals surface area contributed by atoms with Crippen molar-refractivity contribution in [1.29, 1.82) is 0 Å². The molecule has 28 heavy (non-hydrogen) atoms. The molecule has 3 aromatic carbocycles. The summed E-state index contributed by atoms with van der Waals surface area (Å²) < 4.78 is 0. The third-order valence-electron chi connectivity index (χ3n) is 4.38. The Bertz CT molecular complexity index is 1160. The van der Waals surface area contributed by atoms with Crippen LogP contribution in [0.25, 0.3) is 0 Å². The van der Waals surface area contributed by atoms with Gasteiger partial charge in [0.2, 0.25) is 0 Å². The first-order chi connectivity index (χ1) is 13.5. The lowest BCUT2D eigenvalue weighted by atomic mass is 9.83. The molecule has 7 heteroatoms. The van der Waals surface area contributed by atoms with Crippen LogP contribution in [0.1, 0.15) is 31.8 Å². The molecule has 0 unspecified atom stereocenters. The predicted molar refractivity (Wildman–Crippen MR) is 116 cm³/mol. The predicted octanol–water partition coefficient (Wildman–Crippen LogP) is 5.58. The topological polar surface area (TPSA) is 58.2 Å². The van der Waals surface area contributed by atoms with Crippen LogP contribution in [0, 0.1) is 0 Å². The van der Waals surface area contributed by atoms with Crippen LogP contribution in [0.4, 0.5) is 11.4 Å². The summed E-state index contributed by atoms with van der Waals surface area (Å²) in [5.74, 6) is -0.408. The monoisotopic (exact) mass is 426 g/mol. The molecule has 0 aromatic heterocycles. The molecule has 0 saturated carbocycles. The average Bonchev–Trinajstić information content (AvgIpc) is 2.68. The lowest BCUT2D eigenvalue weighted by Gasteiger charge is -2.21. The number of benzene rings is 3. The van der Waals surface area contributed by atoms with Crippen molar-refractivity contribution in [2.75, 3.05) is 10.6 Å². The molecule has 0 aliphatic heterocycles. The zero-order valence-electron chi connectivity index (χ0n) is 14.3. The van der Waals surface area contributed by atoms with E-state index in [0.29, 0.717) is 43.7 Å². The third kappa shape index (κ3) is 3.29. The number of carbonyl (C=O) groups excluding carboxylic acids is 2. The fourth-order valence-electron chi connectivity index (χ4n) is 3.12. The number of fused-ring (bicyclic) bond motifs is 2. The number of ketones is 2. The molecule has 0 heterocycles. The molecule has 1 aliphatic carbocycles. The van der Waals surface area contributed by atoms with Gasteiger partial charge in [0.05, 0.1) is 22.0 Å². The molecular formula is C21H12Cl2N2O2S. The summed E-state index contributed by atoms with van der Waals surface area (Å²) in [6, 6.07) is 16.8. The van der Waals surface area contributed by atoms with Crippen molar-refractivity contribution in [2.45, 2.75) is 0 Å². The normalized spacial score (nSPS) is 12.2. The second kappa shape index (κ2) is 7.36. The van der Waals surface area contributed by atoms with E-state index in [2.05, 4.69) is 10.6 Å². The van der Waals surface area contributed by atoms with E-state index in [1.165, 1.54) is 0 Å². The summed E-state index contributed by atoms with van der Waals surface area (Å²) in [5.41, 5.74) is 2.47. The van der Waals surface area contributed by atoms with E-state index in [1.807, 2.05) is 0 Å². The van der Waals surface area contributed by atoms with Crippen LogP contribution in [0.15, 0.2) is 60.7 Å². The molecule has 0 radical (unpaired) electrons. The van der Waals surface area contributed by atoms with Crippen LogP contribution in [0.2, 0.25) is 10.0 Å². The molecule has 0 fully saturated rings. The minimum absolute atomic E-state index is 0.187. The second-order valence-electron chi connectivity index (χ2n) is 6.14. The Morgan fingerprint density at radius 3 is 2.11 bits per heavy atom. The number of hydrogen-bond acceptors (Lipinski definition) is 3. The van der Waals surface area contributed by atoms with Crippen LogP contribution in [-0.4, -0.2) is 16.7 Å². The number of carbonyl (C=O) groups is 2. The van der Waals surface area contributed by atoms with E-state index in [-0.39, 0.29) is 16.7 Å². The first-order valence-corrected chi connectivity index (χ1v) is 9.46. The van der Waals surface area contributed by atoms with Crippen LogP contribution >= 0.6 is 35.4 Å². The van der Waals surface area contributed by atoms with Crippen molar-refractivity contribution in [1.82, 2.24) is 0 Å². The summed E-state index contributed by atoms with van der Waals surface area (Å²) in [6.07, 6.45) is 0. The Morgan fingerprint density at radius 1 is 0.750 bits per heavy atom. The van der Waals surface area contributed by atoms with Crippen molar-refractivity contribution < 1.29 is 9.59 Å². The highest BCUT2D eigenvalue weighted by Crippen LogP contribution is 2.32. The molecule has 3 aromatic rings. The van der Waals surface area contributed by atoms with Gasteiger partial charge in [0, 0.05) is 21.7 Å². The van der Waals surface area contributed by atoms with Gasteiger partial charge in [-0.25, -0.2) is 0 Å². The number of halogens is 2. The van der Waals surface area contributed by atoms with Crippen LogP contribution < -0.4 is 10.6 Å². The Labute approximate surface area is 176 Å². The molecule has 138 valence electrons. The van der Waals surface area contributed by atoms with Gasteiger partial charge in [-0.3, -0.25) is 9.59 Å². The van der Waals surface area contributed by atoms with Gasteiger partial charge < -0.3 is 10.6 Å². The Morgan fingerprint density at radius 2 is 1.39 bits per heavy atom. The van der Waals surface area contributed by atoms with Gasteiger partial charge in [-0.15, -0.1) is 0 Å². The lowest BCUT2D eigenvalue weighted by molar-refractivity contribution is 0.0979. The fraction of sp³-hybridized carbons (Fsp3) is 0. The van der Waals surface area contributed by atoms with Gasteiger partial charge in [0.15, 0.2) is 16.7 Å². The van der Waals surface area contributed by atoms with Crippen molar-refractivity contribution in [2.24, 2.45) is 0 Å². The molecule has 0 bridgehead atoms. The molecular weight excluding hydrogens is 415 g/mol. The molecule has 2 N–H and O–H groups in total. The zero-order valence-corrected chi connectivity index (χ0v) is 16.6. The average molecular weight is 427 g/mol. The molecule has 4 rings (SSSR count). The van der Waals surface area contributed by atoms with Gasteiger partial charge in [0.25, 0.3) is 0 Å². The van der Waals surface area contributed by atoms with Crippen LogP contribution in [0.3, 0.4) is 0 Å². The Balaban J connectivity index is 1.66. The second-order valence-corrected chi connectivity index (χ2v) is 7.39. The maximum atomic E-state index is 13.0. The molecule has 4 nitrogen and oxygen atoms in total. The van der Waals surface area contributed by atoms with Gasteiger partial charge in [0.1, 0.15) is 0 Å². The minimum Gasteiger partial charge on any atom is -0.332 e. The highest BCUT2D eigenvalue weighted by atomic mass is 35.5. The number of anilines is 2. The summed E-state index contributed by atoms with van der Waals surface area (Å²) >= 11 is 17.4. The van der Waals surface area contributed by atoms with Crippen LogP contribution in [0.5, 0.6) is 0 Å². The number of nitrogens with one attached hydrogen (secondary N) is 2. The van der Waals surface area contributed by atoms with Crippen molar-refractivity contribution in [3.63, 3.8) is 0 Å². The largest absolute Gasteiger partial charge is 0.332 e. The SMILES string of the molecule is O=C1c2ccccc2C(=O)c2c(NC(=S)Nc3ccc(Cl)cc3Cl)cccc21. The molecule has 0 amide bonds. The summed E-state index contributed by atoms with van der Waals surface area (Å²) in [5, 5.41) is 7.12. The van der Waals surface area contributed by atoms with Crippen molar-refractivity contribution >= 4 is 63.5 Å². The smallest absolute Gasteiger partial charge is 0.196 e. The fourth-order valence-corrected chi connectivity index (χ4v) is 3.79. The van der Waals surface area contributed by atoms with E-state index in [0.717, 1.165) is 0 Å². The lowest BCUT2D eigenvalue weighted by Crippen LogP contribution is -2.25. The first kappa shape index (κ1) is 18.6. The summed E-state index contributed by atoms with van der Waals surface area (Å²) in [6.45, 7) is 0. The maximum absolute atomic E-state index is 13.0. The maximum Gasteiger partial charge on any atom is 0.196 e. The Kier molecular flexibility index (Phi) is 4.89. The quantitative estimate of drug-likeness (QED) is 0.409. The molecule has 0 saturated heterocycles. The van der Waals surface area contributed by atoms with E-state index in [4.69, 9.17) is 35.4 Å². The van der Waals surface area contributed by atoms with E-state index < -0.39 is 0 Å². The highest BCUT2D eigenvalue weighted by Gasteiger charge is 2.31. The Hall–Kier alpha value is -2.73. The number of thiocarbonyl (C=S) groups is 1. The summed E-state index contributed by atoms with van der Waals surface area (Å²) in [4.78, 5) is 25.8. The van der Waals surface area contributed by atoms with Crippen molar-refractivity contribution in [3.8, 4) is 0 Å². The van der Waals surface area contributed by atoms with E-state index >= 15 is 0 Å². The van der Waals surface area contributed by atoms with Gasteiger partial charge in [-0.05, 0) is 36.5 Å². The number of hydrogen-bond donors (Lipinski definition) is 2. The third-order valence-corrected chi connectivity index (χ3v) is 5.13. The molecule has 0 atom stereocenters. The molecule has 1 aliphatic rings. The van der Waals surface area contributed by atoms with Gasteiger partial charge in [-0.2, -0.15) is 0 Å². The number of rotatable bonds is 2. The van der Waals surface area contributed by atoms with Gasteiger partial charge in [-0.1, -0.05) is 59.6 Å². The summed E-state index contributed by atoms with van der Waals surface area (Å²) in [7, 11) is 0. The van der Waals surface area contributed by atoms with E-state index in [9.17, 15) is 9.59 Å². The van der Waals surface area contributed by atoms with Gasteiger partial charge >= 0.3 is 0 Å². The van der Waals surface area contributed by atoms with Crippen LogP contribution in [-0.2, 0) is 0 Å². The van der Waals surface area contributed by atoms with Crippen molar-refractivity contribution in [3.05, 3.63) is 93.0 Å². The zero-order chi connectivity index (χ0) is 19.8. The highest BCUT2D eigenvalue weighted by molar-refractivity contribution is 7.80.